The Morgan fingerprint density at radius 1 is 1.03 bits per heavy atom. The van der Waals surface area contributed by atoms with E-state index in [0.717, 1.165) is 50.7 Å². The summed E-state index contributed by atoms with van der Waals surface area (Å²) in [5.41, 5.74) is 8.79. The lowest BCUT2D eigenvalue weighted by molar-refractivity contribution is -0.0250. The van der Waals surface area contributed by atoms with E-state index in [4.69, 9.17) is 27.1 Å². The molecule has 2 saturated heterocycles. The summed E-state index contributed by atoms with van der Waals surface area (Å²) in [5.74, 6) is 1.03. The van der Waals surface area contributed by atoms with Crippen LogP contribution in [0.4, 0.5) is 5.69 Å². The van der Waals surface area contributed by atoms with Crippen molar-refractivity contribution in [3.63, 3.8) is 0 Å². The number of nitrogens with zero attached hydrogens (tertiary/aromatic N) is 3. The average molecular weight is 413 g/mol. The van der Waals surface area contributed by atoms with Crippen molar-refractivity contribution in [3.8, 4) is 0 Å². The van der Waals surface area contributed by atoms with Crippen LogP contribution in [0, 0.1) is 5.92 Å². The molecule has 2 unspecified atom stereocenters. The number of guanidine groups is 1. The van der Waals surface area contributed by atoms with Crippen molar-refractivity contribution in [2.24, 2.45) is 16.6 Å². The lowest BCUT2D eigenvalue weighted by Gasteiger charge is -2.37. The normalized spacial score (nSPS) is 23.3. The number of hydrogen-bond acceptors (Lipinski definition) is 3. The number of benzene rings is 2. The zero-order valence-electron chi connectivity index (χ0n) is 16.7. The summed E-state index contributed by atoms with van der Waals surface area (Å²) in [6.45, 7) is 5.14. The van der Waals surface area contributed by atoms with Gasteiger partial charge in [0.1, 0.15) is 0 Å². The number of piperazine rings is 1. The minimum absolute atomic E-state index is 0.114. The number of halogens is 1. The number of rotatable bonds is 4. The van der Waals surface area contributed by atoms with E-state index in [9.17, 15) is 0 Å². The van der Waals surface area contributed by atoms with Crippen molar-refractivity contribution in [2.45, 2.75) is 18.9 Å². The van der Waals surface area contributed by atoms with Gasteiger partial charge in [0, 0.05) is 56.0 Å². The number of hydrogen-bond donors (Lipinski definition) is 1. The van der Waals surface area contributed by atoms with Gasteiger partial charge >= 0.3 is 0 Å². The van der Waals surface area contributed by atoms with Gasteiger partial charge in [-0.2, -0.15) is 0 Å². The minimum Gasteiger partial charge on any atom is -0.373 e. The van der Waals surface area contributed by atoms with Crippen LogP contribution in [0.1, 0.15) is 24.5 Å². The van der Waals surface area contributed by atoms with E-state index in [1.807, 2.05) is 18.2 Å². The molecule has 2 atom stereocenters. The van der Waals surface area contributed by atoms with Crippen LogP contribution in [0.5, 0.6) is 0 Å². The Hall–Kier alpha value is -2.24. The first kappa shape index (κ1) is 20.0. The van der Waals surface area contributed by atoms with Gasteiger partial charge < -0.3 is 20.3 Å². The van der Waals surface area contributed by atoms with Crippen LogP contribution in [0.15, 0.2) is 59.6 Å². The Balaban J connectivity index is 1.33. The largest absolute Gasteiger partial charge is 0.373 e. The van der Waals surface area contributed by atoms with Crippen LogP contribution in [0.3, 0.4) is 0 Å². The van der Waals surface area contributed by atoms with Crippen LogP contribution in [0.25, 0.3) is 0 Å². The first-order chi connectivity index (χ1) is 14.2. The maximum absolute atomic E-state index is 6.35. The molecule has 0 amide bonds. The molecule has 0 radical (unpaired) electrons. The van der Waals surface area contributed by atoms with E-state index in [-0.39, 0.29) is 6.10 Å². The molecule has 0 saturated carbocycles. The second-order valence-electron chi connectivity index (χ2n) is 7.75. The van der Waals surface area contributed by atoms with Crippen LogP contribution >= 0.6 is 11.6 Å². The summed E-state index contributed by atoms with van der Waals surface area (Å²) in [5, 5.41) is 0.768. The molecule has 154 valence electrons. The van der Waals surface area contributed by atoms with E-state index in [1.54, 1.807) is 0 Å². The molecule has 2 aliphatic heterocycles. The van der Waals surface area contributed by atoms with Crippen LogP contribution in [-0.4, -0.2) is 50.2 Å². The molecular weight excluding hydrogens is 384 g/mol. The van der Waals surface area contributed by atoms with Gasteiger partial charge in [0.05, 0.1) is 6.10 Å². The number of anilines is 1. The van der Waals surface area contributed by atoms with Crippen LogP contribution < -0.4 is 10.6 Å². The fraction of sp³-hybridized carbons (Fsp3) is 0.435. The van der Waals surface area contributed by atoms with E-state index in [1.165, 1.54) is 11.3 Å². The van der Waals surface area contributed by atoms with Crippen LogP contribution in [0.2, 0.25) is 5.02 Å². The summed E-state index contributed by atoms with van der Waals surface area (Å²) >= 11 is 6.00. The standard InChI is InChI=1S/C23H29ClN4O/c24-20-8-10-21(11-9-20)27-12-14-28(15-13-27)23(25)26-17-19-7-4-16-29-22(19)18-5-2-1-3-6-18/h1-3,5-6,8-11,19,22H,4,7,12-17H2,(H2,25,26). The van der Waals surface area contributed by atoms with E-state index in [2.05, 4.69) is 46.2 Å². The van der Waals surface area contributed by atoms with Gasteiger partial charge in [0.2, 0.25) is 0 Å². The Morgan fingerprint density at radius 2 is 1.76 bits per heavy atom. The second kappa shape index (κ2) is 9.51. The van der Waals surface area contributed by atoms with E-state index in [0.29, 0.717) is 18.4 Å². The summed E-state index contributed by atoms with van der Waals surface area (Å²) in [7, 11) is 0. The fourth-order valence-corrected chi connectivity index (χ4v) is 4.32. The van der Waals surface area contributed by atoms with Crippen molar-refractivity contribution in [1.82, 2.24) is 4.90 Å². The SMILES string of the molecule is NC(=NCC1CCCOC1c1ccccc1)N1CCN(c2ccc(Cl)cc2)CC1. The van der Waals surface area contributed by atoms with Crippen molar-refractivity contribution in [2.75, 3.05) is 44.2 Å². The van der Waals surface area contributed by atoms with Gasteiger partial charge in [-0.3, -0.25) is 4.99 Å². The predicted molar refractivity (Wildman–Crippen MR) is 120 cm³/mol. The molecule has 0 aliphatic carbocycles. The zero-order chi connectivity index (χ0) is 20.1. The molecule has 2 aromatic rings. The van der Waals surface area contributed by atoms with E-state index < -0.39 is 0 Å². The molecule has 2 aromatic carbocycles. The second-order valence-corrected chi connectivity index (χ2v) is 8.19. The van der Waals surface area contributed by atoms with Crippen molar-refractivity contribution >= 4 is 23.2 Å². The summed E-state index contributed by atoms with van der Waals surface area (Å²) < 4.78 is 6.09. The highest BCUT2D eigenvalue weighted by Crippen LogP contribution is 2.33. The molecule has 4 rings (SSSR count). The molecule has 5 nitrogen and oxygen atoms in total. The third kappa shape index (κ3) is 5.03. The molecule has 0 spiro atoms. The Morgan fingerprint density at radius 3 is 2.48 bits per heavy atom. The van der Waals surface area contributed by atoms with Crippen molar-refractivity contribution in [1.29, 1.82) is 0 Å². The van der Waals surface area contributed by atoms with Gasteiger partial charge in [-0.25, -0.2) is 0 Å². The van der Waals surface area contributed by atoms with E-state index >= 15 is 0 Å². The van der Waals surface area contributed by atoms with Crippen molar-refractivity contribution in [3.05, 3.63) is 65.2 Å². The first-order valence-corrected chi connectivity index (χ1v) is 10.8. The van der Waals surface area contributed by atoms with Gasteiger partial charge in [-0.1, -0.05) is 41.9 Å². The quantitative estimate of drug-likeness (QED) is 0.610. The highest BCUT2D eigenvalue weighted by Gasteiger charge is 2.27. The third-order valence-corrected chi connectivity index (χ3v) is 6.11. The molecule has 2 fully saturated rings. The zero-order valence-corrected chi connectivity index (χ0v) is 17.5. The smallest absolute Gasteiger partial charge is 0.191 e. The predicted octanol–water partition coefficient (Wildman–Crippen LogP) is 3.94. The molecule has 2 heterocycles. The number of nitrogens with two attached hydrogens (primary N) is 1. The van der Waals surface area contributed by atoms with Gasteiger partial charge in [0.15, 0.2) is 5.96 Å². The molecular formula is C23H29ClN4O. The molecule has 2 aliphatic rings. The Kier molecular flexibility index (Phi) is 6.57. The number of aliphatic imine (C=N–C) groups is 1. The number of ether oxygens (including phenoxy) is 1. The lowest BCUT2D eigenvalue weighted by atomic mass is 9.89. The highest BCUT2D eigenvalue weighted by atomic mass is 35.5. The highest BCUT2D eigenvalue weighted by molar-refractivity contribution is 6.30. The fourth-order valence-electron chi connectivity index (χ4n) is 4.20. The van der Waals surface area contributed by atoms with Gasteiger partial charge in [-0.15, -0.1) is 0 Å². The van der Waals surface area contributed by atoms with Gasteiger partial charge in [0.25, 0.3) is 0 Å². The summed E-state index contributed by atoms with van der Waals surface area (Å²) in [6.07, 6.45) is 2.33. The molecule has 0 aromatic heterocycles. The maximum atomic E-state index is 6.35. The average Bonchev–Trinajstić information content (AvgIpc) is 2.79. The molecule has 29 heavy (non-hydrogen) atoms. The Labute approximate surface area is 178 Å². The van der Waals surface area contributed by atoms with Gasteiger partial charge in [-0.05, 0) is 42.7 Å². The molecule has 2 N–H and O–H groups in total. The first-order valence-electron chi connectivity index (χ1n) is 10.4. The molecule has 0 bridgehead atoms. The lowest BCUT2D eigenvalue weighted by Crippen LogP contribution is -2.51. The minimum atomic E-state index is 0.114. The summed E-state index contributed by atoms with van der Waals surface area (Å²) in [4.78, 5) is 9.31. The van der Waals surface area contributed by atoms with Crippen LogP contribution in [-0.2, 0) is 4.74 Å². The monoisotopic (exact) mass is 412 g/mol. The Bertz CT molecular complexity index is 803. The van der Waals surface area contributed by atoms with Crippen molar-refractivity contribution < 1.29 is 4.74 Å². The maximum Gasteiger partial charge on any atom is 0.191 e. The molecule has 6 heteroatoms. The summed E-state index contributed by atoms with van der Waals surface area (Å²) in [6, 6.07) is 18.5. The topological polar surface area (TPSA) is 54.1 Å². The third-order valence-electron chi connectivity index (χ3n) is 5.86.